The predicted molar refractivity (Wildman–Crippen MR) is 21.1 cm³/mol. The summed E-state index contributed by atoms with van der Waals surface area (Å²) in [5.74, 6) is 0. The Hall–Kier alpha value is -0.930. The lowest BCUT2D eigenvalue weighted by atomic mass is 11.0. The molecule has 0 N–H and O–H groups in total. The fourth-order valence-corrected chi connectivity index (χ4v) is 0.305. The normalized spacial score (nSPS) is 9.29. The predicted octanol–water partition coefficient (Wildman–Crippen LogP) is 0.205. The van der Waals surface area contributed by atoms with E-state index in [-0.39, 0.29) is 0 Å². The highest BCUT2D eigenvalue weighted by molar-refractivity contribution is 4.58. The second kappa shape index (κ2) is 1.68. The average molecular weight is 101 g/mol. The van der Waals surface area contributed by atoms with Gasteiger partial charge in [0.2, 0.25) is 6.80 Å². The van der Waals surface area contributed by atoms with Crippen molar-refractivity contribution in [3.8, 4) is 0 Å². The molecule has 0 aliphatic rings. The molecule has 0 saturated carbocycles. The molecule has 0 aliphatic carbocycles. The number of hydrogen-bond acceptors (Lipinski definition) is 2. The summed E-state index contributed by atoms with van der Waals surface area (Å²) in [6.07, 6.45) is 2.86. The molecule has 0 saturated heterocycles. The van der Waals surface area contributed by atoms with Crippen LogP contribution in [0.5, 0.6) is 0 Å². The molecule has 0 radical (unpaired) electrons. The van der Waals surface area contributed by atoms with E-state index in [0.717, 1.165) is 4.80 Å². The summed E-state index contributed by atoms with van der Waals surface area (Å²) in [6.45, 7) is -0.646. The number of hydrogen-bond donors (Lipinski definition) is 0. The van der Waals surface area contributed by atoms with E-state index in [9.17, 15) is 4.39 Å². The molecule has 0 fully saturated rings. The smallest absolute Gasteiger partial charge is 0.200 e. The minimum atomic E-state index is -0.646. The summed E-state index contributed by atoms with van der Waals surface area (Å²) in [7, 11) is 0. The Bertz CT molecular complexity index is 125. The van der Waals surface area contributed by atoms with Crippen LogP contribution < -0.4 is 0 Å². The van der Waals surface area contributed by atoms with Crippen LogP contribution in [-0.4, -0.2) is 15.0 Å². The Morgan fingerprint density at radius 1 is 1.43 bits per heavy atom. The van der Waals surface area contributed by atoms with Crippen LogP contribution in [0.25, 0.3) is 0 Å². The van der Waals surface area contributed by atoms with Gasteiger partial charge >= 0.3 is 0 Å². The summed E-state index contributed by atoms with van der Waals surface area (Å²) in [4.78, 5) is 0.958. The largest absolute Gasteiger partial charge is 0.223 e. The van der Waals surface area contributed by atoms with Crippen molar-refractivity contribution in [1.29, 1.82) is 0 Å². The maximum atomic E-state index is 11.4. The fourth-order valence-electron chi connectivity index (χ4n) is 0.305. The third kappa shape index (κ3) is 0.734. The number of aromatic nitrogens is 3. The van der Waals surface area contributed by atoms with Gasteiger partial charge in [-0.15, -0.1) is 0 Å². The lowest BCUT2D eigenvalue weighted by Gasteiger charge is -1.82. The summed E-state index contributed by atoms with van der Waals surface area (Å²) in [5, 5.41) is 6.93. The lowest BCUT2D eigenvalue weighted by Crippen LogP contribution is -1.95. The molecule has 1 rings (SSSR count). The number of halogens is 1. The summed E-state index contributed by atoms with van der Waals surface area (Å²) in [6, 6.07) is 0. The van der Waals surface area contributed by atoms with E-state index in [4.69, 9.17) is 0 Å². The molecule has 0 unspecified atom stereocenters. The Morgan fingerprint density at radius 2 is 2.00 bits per heavy atom. The van der Waals surface area contributed by atoms with Crippen molar-refractivity contribution in [3.63, 3.8) is 0 Å². The summed E-state index contributed by atoms with van der Waals surface area (Å²) < 4.78 is 11.4. The Labute approximate surface area is 39.8 Å². The Morgan fingerprint density at radius 3 is 2.29 bits per heavy atom. The summed E-state index contributed by atoms with van der Waals surface area (Å²) >= 11 is 0. The van der Waals surface area contributed by atoms with E-state index >= 15 is 0 Å². The fraction of sp³-hybridized carbons (Fsp3) is 0.333. The third-order valence-corrected chi connectivity index (χ3v) is 0.573. The molecular weight excluding hydrogens is 97.1 g/mol. The van der Waals surface area contributed by atoms with E-state index in [1.165, 1.54) is 12.4 Å². The SMILES string of the molecule is FCn1nccn1. The molecular formula is C3H4FN3. The zero-order chi connectivity index (χ0) is 5.11. The van der Waals surface area contributed by atoms with Crippen LogP contribution in [-0.2, 0) is 6.80 Å². The standard InChI is InChI=1S/C3H4FN3/c4-3-7-5-1-2-6-7/h1-2H,3H2. The second-order valence-electron chi connectivity index (χ2n) is 1.02. The van der Waals surface area contributed by atoms with Crippen LogP contribution in [0.4, 0.5) is 4.39 Å². The molecule has 0 aliphatic heterocycles. The van der Waals surface area contributed by atoms with Gasteiger partial charge in [0.15, 0.2) is 0 Å². The van der Waals surface area contributed by atoms with E-state index < -0.39 is 6.80 Å². The molecule has 3 nitrogen and oxygen atoms in total. The molecule has 0 amide bonds. The molecule has 0 spiro atoms. The minimum absolute atomic E-state index is 0.646. The van der Waals surface area contributed by atoms with Gasteiger partial charge in [-0.1, -0.05) is 0 Å². The quantitative estimate of drug-likeness (QED) is 0.506. The Kier molecular flexibility index (Phi) is 1.02. The molecule has 4 heteroatoms. The van der Waals surface area contributed by atoms with Gasteiger partial charge in [-0.3, -0.25) is 0 Å². The van der Waals surface area contributed by atoms with E-state index in [0.29, 0.717) is 0 Å². The van der Waals surface area contributed by atoms with Crippen LogP contribution in [0.1, 0.15) is 0 Å². The molecule has 0 aromatic carbocycles. The van der Waals surface area contributed by atoms with Gasteiger partial charge < -0.3 is 0 Å². The highest BCUT2D eigenvalue weighted by Crippen LogP contribution is 1.75. The zero-order valence-corrected chi connectivity index (χ0v) is 3.58. The van der Waals surface area contributed by atoms with E-state index in [1.54, 1.807) is 0 Å². The van der Waals surface area contributed by atoms with Gasteiger partial charge in [0.05, 0.1) is 12.4 Å². The maximum absolute atomic E-state index is 11.4. The molecule has 1 aromatic rings. The zero-order valence-electron chi connectivity index (χ0n) is 3.58. The minimum Gasteiger partial charge on any atom is -0.223 e. The highest BCUT2D eigenvalue weighted by atomic mass is 19.1. The van der Waals surface area contributed by atoms with Gasteiger partial charge in [-0.25, -0.2) is 4.39 Å². The van der Waals surface area contributed by atoms with Gasteiger partial charge in [0, 0.05) is 0 Å². The molecule has 0 atom stereocenters. The van der Waals surface area contributed by atoms with Crippen molar-refractivity contribution < 1.29 is 4.39 Å². The first-order chi connectivity index (χ1) is 3.43. The first-order valence-corrected chi connectivity index (χ1v) is 1.83. The number of nitrogens with zero attached hydrogens (tertiary/aromatic N) is 3. The van der Waals surface area contributed by atoms with Gasteiger partial charge in [-0.05, 0) is 0 Å². The summed E-state index contributed by atoms with van der Waals surface area (Å²) in [5.41, 5.74) is 0. The van der Waals surface area contributed by atoms with Gasteiger partial charge in [0.1, 0.15) is 0 Å². The van der Waals surface area contributed by atoms with Crippen molar-refractivity contribution >= 4 is 0 Å². The first-order valence-electron chi connectivity index (χ1n) is 1.83. The van der Waals surface area contributed by atoms with Crippen molar-refractivity contribution in [2.24, 2.45) is 0 Å². The second-order valence-corrected chi connectivity index (χ2v) is 1.02. The van der Waals surface area contributed by atoms with Crippen LogP contribution in [0, 0.1) is 0 Å². The van der Waals surface area contributed by atoms with Crippen molar-refractivity contribution in [3.05, 3.63) is 12.4 Å². The molecule has 1 aromatic heterocycles. The maximum Gasteiger partial charge on any atom is 0.200 e. The van der Waals surface area contributed by atoms with Crippen LogP contribution >= 0.6 is 0 Å². The lowest BCUT2D eigenvalue weighted by molar-refractivity contribution is 0.318. The molecule has 1 heterocycles. The van der Waals surface area contributed by atoms with E-state index in [2.05, 4.69) is 10.2 Å². The van der Waals surface area contributed by atoms with Crippen molar-refractivity contribution in [2.45, 2.75) is 6.80 Å². The van der Waals surface area contributed by atoms with E-state index in [1.807, 2.05) is 0 Å². The van der Waals surface area contributed by atoms with Gasteiger partial charge in [-0.2, -0.15) is 15.0 Å². The molecule has 38 valence electrons. The molecule has 0 bridgehead atoms. The van der Waals surface area contributed by atoms with Crippen molar-refractivity contribution in [1.82, 2.24) is 15.0 Å². The highest BCUT2D eigenvalue weighted by Gasteiger charge is 1.81. The molecule has 7 heavy (non-hydrogen) atoms. The number of alkyl halides is 1. The van der Waals surface area contributed by atoms with Gasteiger partial charge in [0.25, 0.3) is 0 Å². The monoisotopic (exact) mass is 101 g/mol. The van der Waals surface area contributed by atoms with Crippen LogP contribution in [0.2, 0.25) is 0 Å². The third-order valence-electron chi connectivity index (χ3n) is 0.573. The average Bonchev–Trinajstić information content (AvgIpc) is 2.14. The first kappa shape index (κ1) is 4.23. The van der Waals surface area contributed by atoms with Crippen LogP contribution in [0.3, 0.4) is 0 Å². The Balaban J connectivity index is 2.76. The topological polar surface area (TPSA) is 30.7 Å². The van der Waals surface area contributed by atoms with Crippen molar-refractivity contribution in [2.75, 3.05) is 0 Å². The van der Waals surface area contributed by atoms with Crippen LogP contribution in [0.15, 0.2) is 12.4 Å². The number of rotatable bonds is 1.